The van der Waals surface area contributed by atoms with Crippen LogP contribution < -0.4 is 5.73 Å². The van der Waals surface area contributed by atoms with Crippen LogP contribution >= 0.6 is 11.8 Å². The Hall–Kier alpha value is -2.86. The molecule has 3 rings (SSSR count). The van der Waals surface area contributed by atoms with Crippen LogP contribution in [0.3, 0.4) is 0 Å². The van der Waals surface area contributed by atoms with Crippen molar-refractivity contribution in [2.75, 3.05) is 23.8 Å². The summed E-state index contributed by atoms with van der Waals surface area (Å²) in [5, 5.41) is 0.621. The lowest BCUT2D eigenvalue weighted by molar-refractivity contribution is -0.165. The average Bonchev–Trinajstić information content (AvgIpc) is 3.24. The Bertz CT molecular complexity index is 966. The third-order valence-corrected chi connectivity index (χ3v) is 5.54. The second-order valence-corrected chi connectivity index (χ2v) is 8.00. The van der Waals surface area contributed by atoms with Gasteiger partial charge in [0.25, 0.3) is 0 Å². The van der Waals surface area contributed by atoms with Gasteiger partial charge in [0.2, 0.25) is 0 Å². The van der Waals surface area contributed by atoms with Crippen molar-refractivity contribution in [2.24, 2.45) is 0 Å². The number of nitrogens with zero attached hydrogens (tertiary/aromatic N) is 3. The van der Waals surface area contributed by atoms with Crippen molar-refractivity contribution in [3.8, 4) is 0 Å². The minimum absolute atomic E-state index is 0.250. The van der Waals surface area contributed by atoms with Gasteiger partial charge in [-0.15, -0.1) is 0 Å². The maximum Gasteiger partial charge on any atom is 0.303 e. The molecule has 0 bridgehead atoms. The van der Waals surface area contributed by atoms with Gasteiger partial charge in [0.05, 0.1) is 5.39 Å². The molecular weight excluding hydrogens is 428 g/mol. The van der Waals surface area contributed by atoms with Gasteiger partial charge >= 0.3 is 17.9 Å². The fourth-order valence-electron chi connectivity index (χ4n) is 3.36. The highest BCUT2D eigenvalue weighted by Crippen LogP contribution is 2.37. The number of hydrogen-bond acceptors (Lipinski definition) is 11. The molecule has 1 saturated heterocycles. The van der Waals surface area contributed by atoms with E-state index in [1.54, 1.807) is 16.8 Å². The number of ether oxygens (including phenoxy) is 4. The van der Waals surface area contributed by atoms with Crippen molar-refractivity contribution in [2.45, 2.75) is 45.3 Å². The van der Waals surface area contributed by atoms with Crippen LogP contribution in [0.5, 0.6) is 0 Å². The van der Waals surface area contributed by atoms with Gasteiger partial charge in [-0.1, -0.05) is 0 Å². The lowest BCUT2D eigenvalue weighted by atomic mass is 10.1. The Labute approximate surface area is 182 Å². The van der Waals surface area contributed by atoms with Gasteiger partial charge in [-0.3, -0.25) is 14.4 Å². The van der Waals surface area contributed by atoms with E-state index < -0.39 is 36.5 Å². The van der Waals surface area contributed by atoms with Gasteiger partial charge in [0.1, 0.15) is 30.5 Å². The van der Waals surface area contributed by atoms with E-state index in [-0.39, 0.29) is 12.6 Å². The first-order valence-electron chi connectivity index (χ1n) is 9.56. The van der Waals surface area contributed by atoms with Gasteiger partial charge in [0.15, 0.2) is 18.4 Å². The number of thioether (sulfide) groups is 1. The fourth-order valence-corrected chi connectivity index (χ4v) is 4.23. The minimum atomic E-state index is -0.896. The largest absolute Gasteiger partial charge is 0.465 e. The molecule has 31 heavy (non-hydrogen) atoms. The van der Waals surface area contributed by atoms with E-state index in [2.05, 4.69) is 9.97 Å². The molecule has 2 N–H and O–H groups in total. The summed E-state index contributed by atoms with van der Waals surface area (Å²) in [6, 6.07) is 1.74. The lowest BCUT2D eigenvalue weighted by Gasteiger charge is -2.24. The number of carbonyl (C=O) groups excluding carboxylic acids is 3. The highest BCUT2D eigenvalue weighted by Gasteiger charge is 2.50. The van der Waals surface area contributed by atoms with E-state index in [9.17, 15) is 14.4 Å². The zero-order valence-electron chi connectivity index (χ0n) is 17.3. The zero-order chi connectivity index (χ0) is 22.5. The summed E-state index contributed by atoms with van der Waals surface area (Å²) in [5.74, 6) is -0.157. The maximum atomic E-state index is 11.8. The normalized spacial score (nSPS) is 22.9. The van der Waals surface area contributed by atoms with E-state index in [0.29, 0.717) is 28.4 Å². The Balaban J connectivity index is 1.86. The molecule has 4 atom stereocenters. The SMILES string of the molecule is CC(=O)OCCSC[C@H]1O[C@@H](n2ccc3c(N)ncnc32)[C@H](OC(C)=O)[C@@H]1OC(C)=O. The molecule has 0 unspecified atom stereocenters. The molecule has 0 saturated carbocycles. The summed E-state index contributed by atoms with van der Waals surface area (Å²) in [4.78, 5) is 42.7. The summed E-state index contributed by atoms with van der Waals surface area (Å²) in [6.07, 6.45) is -0.0545. The minimum Gasteiger partial charge on any atom is -0.465 e. The van der Waals surface area contributed by atoms with Crippen LogP contribution in [-0.4, -0.2) is 68.9 Å². The first-order chi connectivity index (χ1) is 14.8. The molecule has 11 nitrogen and oxygen atoms in total. The number of nitrogens with two attached hydrogens (primary N) is 1. The van der Waals surface area contributed by atoms with Crippen LogP contribution in [0.25, 0.3) is 11.0 Å². The van der Waals surface area contributed by atoms with Crippen molar-refractivity contribution in [1.82, 2.24) is 14.5 Å². The molecule has 1 aliphatic heterocycles. The van der Waals surface area contributed by atoms with Crippen LogP contribution in [0, 0.1) is 0 Å². The van der Waals surface area contributed by atoms with Gasteiger partial charge in [-0.2, -0.15) is 11.8 Å². The number of fused-ring (bicyclic) bond motifs is 1. The Morgan fingerprint density at radius 2 is 1.84 bits per heavy atom. The summed E-state index contributed by atoms with van der Waals surface area (Å²) in [5.41, 5.74) is 6.42. The quantitative estimate of drug-likeness (QED) is 0.349. The molecule has 2 aromatic rings. The number of anilines is 1. The second-order valence-electron chi connectivity index (χ2n) is 6.85. The van der Waals surface area contributed by atoms with Crippen LogP contribution in [-0.2, 0) is 33.3 Å². The zero-order valence-corrected chi connectivity index (χ0v) is 18.2. The number of carbonyl (C=O) groups is 3. The summed E-state index contributed by atoms with van der Waals surface area (Å²) >= 11 is 1.46. The molecule has 1 fully saturated rings. The Kier molecular flexibility index (Phi) is 7.33. The first-order valence-corrected chi connectivity index (χ1v) is 10.7. The van der Waals surface area contributed by atoms with E-state index in [1.807, 2.05) is 0 Å². The first kappa shape index (κ1) is 22.8. The molecule has 1 aliphatic rings. The maximum absolute atomic E-state index is 11.8. The molecule has 0 radical (unpaired) electrons. The monoisotopic (exact) mass is 452 g/mol. The lowest BCUT2D eigenvalue weighted by Crippen LogP contribution is -2.39. The van der Waals surface area contributed by atoms with Crippen LogP contribution in [0.4, 0.5) is 5.82 Å². The number of nitrogen functional groups attached to an aromatic ring is 1. The van der Waals surface area contributed by atoms with Crippen molar-refractivity contribution in [3.05, 3.63) is 18.6 Å². The highest BCUT2D eigenvalue weighted by atomic mass is 32.2. The summed E-state index contributed by atoms with van der Waals surface area (Å²) in [7, 11) is 0. The molecule has 0 aromatic carbocycles. The van der Waals surface area contributed by atoms with Crippen LogP contribution in [0.2, 0.25) is 0 Å². The number of rotatable bonds is 8. The van der Waals surface area contributed by atoms with E-state index in [0.717, 1.165) is 0 Å². The molecule has 0 spiro atoms. The fraction of sp³-hybridized carbons (Fsp3) is 0.526. The highest BCUT2D eigenvalue weighted by molar-refractivity contribution is 7.99. The van der Waals surface area contributed by atoms with E-state index in [4.69, 9.17) is 24.7 Å². The van der Waals surface area contributed by atoms with Crippen molar-refractivity contribution in [3.63, 3.8) is 0 Å². The smallest absolute Gasteiger partial charge is 0.303 e. The predicted molar refractivity (Wildman–Crippen MR) is 111 cm³/mol. The Morgan fingerprint density at radius 3 is 2.52 bits per heavy atom. The van der Waals surface area contributed by atoms with Crippen molar-refractivity contribution < 1.29 is 33.3 Å². The third kappa shape index (κ3) is 5.44. The van der Waals surface area contributed by atoms with Crippen LogP contribution in [0.1, 0.15) is 27.0 Å². The number of aromatic nitrogens is 3. The van der Waals surface area contributed by atoms with Gasteiger partial charge in [0, 0.05) is 38.5 Å². The molecule has 3 heterocycles. The molecule has 168 valence electrons. The number of esters is 3. The summed E-state index contributed by atoms with van der Waals surface area (Å²) < 4.78 is 23.8. The third-order valence-electron chi connectivity index (χ3n) is 4.52. The Morgan fingerprint density at radius 1 is 1.13 bits per heavy atom. The van der Waals surface area contributed by atoms with Gasteiger partial charge in [-0.05, 0) is 6.07 Å². The van der Waals surface area contributed by atoms with E-state index in [1.165, 1.54) is 38.9 Å². The second kappa shape index (κ2) is 9.96. The van der Waals surface area contributed by atoms with Crippen LogP contribution in [0.15, 0.2) is 18.6 Å². The topological polar surface area (TPSA) is 145 Å². The molecule has 0 aliphatic carbocycles. The van der Waals surface area contributed by atoms with E-state index >= 15 is 0 Å². The molecular formula is C19H24N4O7S. The van der Waals surface area contributed by atoms with Gasteiger partial charge < -0.3 is 29.2 Å². The van der Waals surface area contributed by atoms with Crippen molar-refractivity contribution in [1.29, 1.82) is 0 Å². The van der Waals surface area contributed by atoms with Gasteiger partial charge in [-0.25, -0.2) is 9.97 Å². The molecule has 0 amide bonds. The molecule has 12 heteroatoms. The summed E-state index contributed by atoms with van der Waals surface area (Å²) in [6.45, 7) is 4.15. The van der Waals surface area contributed by atoms with Crippen molar-refractivity contribution >= 4 is 46.5 Å². The predicted octanol–water partition coefficient (Wildman–Crippen LogP) is 1.07. The average molecular weight is 452 g/mol. The molecule has 2 aromatic heterocycles. The standard InChI is InChI=1S/C19H24N4O7S/c1-10(24)27-6-7-31-8-14-15(28-11(2)25)16(29-12(3)26)19(30-14)23-5-4-13-17(20)21-9-22-18(13)23/h4-5,9,14-16,19H,6-8H2,1-3H3,(H2,20,21,22)/t14-,15-,16-,19-/m1/s1. The number of hydrogen-bond donors (Lipinski definition) is 1.